The number of nitrogens with zero attached hydrogens (tertiary/aromatic N) is 5. The van der Waals surface area contributed by atoms with Crippen molar-refractivity contribution >= 4 is 29.1 Å². The first kappa shape index (κ1) is 20.0. The molecule has 0 spiro atoms. The van der Waals surface area contributed by atoms with Gasteiger partial charge in [-0.15, -0.1) is 0 Å². The third-order valence-corrected chi connectivity index (χ3v) is 5.30. The number of amides is 2. The first-order chi connectivity index (χ1) is 14.2. The van der Waals surface area contributed by atoms with Gasteiger partial charge < -0.3 is 4.90 Å². The van der Waals surface area contributed by atoms with E-state index in [-0.39, 0.29) is 23.4 Å². The van der Waals surface area contributed by atoms with Crippen molar-refractivity contribution in [3.05, 3.63) is 36.4 Å². The number of anilines is 3. The highest BCUT2D eigenvalue weighted by molar-refractivity contribution is 6.05. The molecule has 30 heavy (non-hydrogen) atoms. The summed E-state index contributed by atoms with van der Waals surface area (Å²) in [5, 5.41) is 2.66. The summed E-state index contributed by atoms with van der Waals surface area (Å²) < 4.78 is 38.5. The maximum atomic E-state index is 13.0. The van der Waals surface area contributed by atoms with Crippen LogP contribution in [0.15, 0.2) is 30.7 Å². The van der Waals surface area contributed by atoms with Crippen molar-refractivity contribution in [2.24, 2.45) is 5.92 Å². The van der Waals surface area contributed by atoms with Gasteiger partial charge in [-0.2, -0.15) is 13.2 Å². The van der Waals surface area contributed by atoms with E-state index in [0.717, 1.165) is 6.92 Å². The summed E-state index contributed by atoms with van der Waals surface area (Å²) in [5.41, 5.74) is 0.572. The number of Topliss-reactive ketones (excluding diaryl/α,β-unsaturated/α-hetero) is 1. The molecule has 2 aliphatic rings. The van der Waals surface area contributed by atoms with Gasteiger partial charge in [0.15, 0.2) is 17.4 Å². The molecule has 1 N–H and O–H groups in total. The number of hydrogen-bond acceptors (Lipinski definition) is 6. The summed E-state index contributed by atoms with van der Waals surface area (Å²) in [5.74, 6) is -1.98. The van der Waals surface area contributed by atoms with Crippen molar-refractivity contribution in [2.75, 3.05) is 28.2 Å². The van der Waals surface area contributed by atoms with Gasteiger partial charge in [0, 0.05) is 31.9 Å². The normalized spacial score (nSPS) is 18.7. The molecule has 0 aromatic carbocycles. The van der Waals surface area contributed by atoms with Crippen LogP contribution in [0.2, 0.25) is 0 Å². The number of pyridine rings is 1. The van der Waals surface area contributed by atoms with E-state index in [2.05, 4.69) is 20.3 Å². The maximum Gasteiger partial charge on any atom is 0.391 e. The number of fused-ring (bicyclic) bond motifs is 4. The van der Waals surface area contributed by atoms with Crippen molar-refractivity contribution in [3.63, 3.8) is 0 Å². The zero-order valence-corrected chi connectivity index (χ0v) is 16.1. The molecule has 8 nitrogen and oxygen atoms in total. The van der Waals surface area contributed by atoms with Crippen LogP contribution < -0.4 is 15.1 Å². The second kappa shape index (κ2) is 7.54. The van der Waals surface area contributed by atoms with Crippen LogP contribution in [0.25, 0.3) is 0 Å². The summed E-state index contributed by atoms with van der Waals surface area (Å²) >= 11 is 0. The van der Waals surface area contributed by atoms with E-state index < -0.39 is 30.3 Å². The third kappa shape index (κ3) is 3.79. The Bertz CT molecular complexity index is 968. The van der Waals surface area contributed by atoms with Gasteiger partial charge in [0.1, 0.15) is 5.69 Å². The number of alkyl halides is 3. The Morgan fingerprint density at radius 2 is 2.10 bits per heavy atom. The minimum absolute atomic E-state index is 0.0929. The molecular weight excluding hydrogens is 401 g/mol. The average molecular weight is 420 g/mol. The monoisotopic (exact) mass is 420 g/mol. The third-order valence-electron chi connectivity index (χ3n) is 5.30. The van der Waals surface area contributed by atoms with Crippen molar-refractivity contribution in [1.82, 2.24) is 15.0 Å². The highest BCUT2D eigenvalue weighted by atomic mass is 19.4. The number of urea groups is 1. The van der Waals surface area contributed by atoms with Gasteiger partial charge in [-0.3, -0.25) is 20.0 Å². The maximum absolute atomic E-state index is 13.0. The predicted octanol–water partition coefficient (Wildman–Crippen LogP) is 3.27. The molecule has 1 fully saturated rings. The molecule has 4 heterocycles. The van der Waals surface area contributed by atoms with Gasteiger partial charge in [-0.1, -0.05) is 6.92 Å². The Balaban J connectivity index is 1.63. The Morgan fingerprint density at radius 3 is 2.80 bits per heavy atom. The lowest BCUT2D eigenvalue weighted by atomic mass is 10.0. The van der Waals surface area contributed by atoms with Crippen molar-refractivity contribution in [1.29, 1.82) is 0 Å². The molecule has 2 aromatic rings. The fraction of sp³-hybridized carbons (Fsp3) is 0.421. The molecule has 11 heteroatoms. The highest BCUT2D eigenvalue weighted by Crippen LogP contribution is 2.39. The molecule has 2 atom stereocenters. The molecule has 0 aliphatic carbocycles. The Labute approximate surface area is 170 Å². The summed E-state index contributed by atoms with van der Waals surface area (Å²) in [7, 11) is 0. The van der Waals surface area contributed by atoms with Crippen LogP contribution in [-0.2, 0) is 0 Å². The van der Waals surface area contributed by atoms with E-state index in [4.69, 9.17) is 0 Å². The molecule has 4 rings (SSSR count). The fourth-order valence-corrected chi connectivity index (χ4v) is 3.66. The lowest BCUT2D eigenvalue weighted by Gasteiger charge is -2.35. The quantitative estimate of drug-likeness (QED) is 0.764. The molecule has 2 bridgehead atoms. The van der Waals surface area contributed by atoms with Crippen LogP contribution in [0.1, 0.15) is 30.3 Å². The van der Waals surface area contributed by atoms with Gasteiger partial charge >= 0.3 is 12.2 Å². The lowest BCUT2D eigenvalue weighted by Crippen LogP contribution is -2.48. The van der Waals surface area contributed by atoms with Crippen LogP contribution in [0.5, 0.6) is 0 Å². The smallest absolute Gasteiger partial charge is 0.366 e. The number of carbonyl (C=O) groups excluding carboxylic acids is 2. The minimum atomic E-state index is -4.46. The van der Waals surface area contributed by atoms with Crippen LogP contribution in [0.4, 0.5) is 35.3 Å². The molecule has 0 unspecified atom stereocenters. The molecule has 2 aromatic heterocycles. The van der Waals surface area contributed by atoms with Gasteiger partial charge in [0.25, 0.3) is 0 Å². The van der Waals surface area contributed by atoms with Crippen molar-refractivity contribution in [3.8, 4) is 0 Å². The molecule has 0 radical (unpaired) electrons. The lowest BCUT2D eigenvalue weighted by molar-refractivity contribution is -0.168. The van der Waals surface area contributed by atoms with E-state index in [9.17, 15) is 22.8 Å². The van der Waals surface area contributed by atoms with E-state index in [1.54, 1.807) is 6.07 Å². The summed E-state index contributed by atoms with van der Waals surface area (Å²) in [6.45, 7) is 2.29. The highest BCUT2D eigenvalue weighted by Gasteiger charge is 2.41. The first-order valence-corrected chi connectivity index (χ1v) is 9.46. The van der Waals surface area contributed by atoms with Crippen LogP contribution in [-0.4, -0.2) is 52.1 Å². The first-order valence-electron chi connectivity index (χ1n) is 9.46. The molecule has 0 saturated carbocycles. The van der Waals surface area contributed by atoms with Crippen LogP contribution >= 0.6 is 0 Å². The molecular formula is C19H19F3N6O2. The van der Waals surface area contributed by atoms with Gasteiger partial charge in [0.2, 0.25) is 0 Å². The van der Waals surface area contributed by atoms with Crippen molar-refractivity contribution < 1.29 is 22.8 Å². The van der Waals surface area contributed by atoms with Crippen LogP contribution in [0.3, 0.4) is 0 Å². The number of halogens is 3. The Hall–Kier alpha value is -3.24. The zero-order chi connectivity index (χ0) is 21.5. The van der Waals surface area contributed by atoms with Gasteiger partial charge in [-0.05, 0) is 18.6 Å². The molecule has 2 amide bonds. The van der Waals surface area contributed by atoms with E-state index in [1.165, 1.54) is 29.6 Å². The van der Waals surface area contributed by atoms with E-state index in [1.807, 2.05) is 4.90 Å². The number of ketones is 1. The number of nitrogens with one attached hydrogen (secondary N) is 1. The molecule has 1 saturated heterocycles. The molecule has 2 aliphatic heterocycles. The standard InChI is InChI=1S/C19H19F3N6O2/c1-11(19(20,21)22)8-15(29)13-2-3-14-17(25-13)28(12-4-7-27(14)10-12)18(30)26-16-9-23-5-6-24-16/h2-3,5-6,9,11-12H,4,7-8,10H2,1H3,(H,24,26,30)/t11-,12-/m0/s1. The van der Waals surface area contributed by atoms with Gasteiger partial charge in [-0.25, -0.2) is 14.8 Å². The number of rotatable bonds is 4. The minimum Gasteiger partial charge on any atom is -0.366 e. The second-order valence-corrected chi connectivity index (χ2v) is 7.39. The largest absolute Gasteiger partial charge is 0.391 e. The number of carbonyl (C=O) groups is 2. The number of aromatic nitrogens is 3. The van der Waals surface area contributed by atoms with Gasteiger partial charge in [0.05, 0.1) is 23.8 Å². The molecule has 158 valence electrons. The van der Waals surface area contributed by atoms with E-state index in [0.29, 0.717) is 25.2 Å². The van der Waals surface area contributed by atoms with E-state index >= 15 is 0 Å². The second-order valence-electron chi connectivity index (χ2n) is 7.39. The topological polar surface area (TPSA) is 91.3 Å². The summed E-state index contributed by atoms with van der Waals surface area (Å²) in [6.07, 6.45) is -0.143. The summed E-state index contributed by atoms with van der Waals surface area (Å²) in [4.78, 5) is 41.1. The zero-order valence-electron chi connectivity index (χ0n) is 16.1. The predicted molar refractivity (Wildman–Crippen MR) is 103 cm³/mol. The Kier molecular flexibility index (Phi) is 5.04. The number of hydrogen-bond donors (Lipinski definition) is 1. The SMILES string of the molecule is C[C@@H](CC(=O)c1ccc2c(n1)N(C(=O)Nc1cnccn1)[C@H]1CCN2C1)C(F)(F)F. The Morgan fingerprint density at radius 1 is 1.30 bits per heavy atom. The fourth-order valence-electron chi connectivity index (χ4n) is 3.66. The average Bonchev–Trinajstić information content (AvgIpc) is 3.12. The van der Waals surface area contributed by atoms with Crippen LogP contribution in [0, 0.1) is 5.92 Å². The van der Waals surface area contributed by atoms with Crippen molar-refractivity contribution in [2.45, 2.75) is 32.0 Å². The summed E-state index contributed by atoms with van der Waals surface area (Å²) in [6, 6.07) is 2.41.